The number of amides is 1. The first-order valence-electron chi connectivity index (χ1n) is 10.4. The van der Waals surface area contributed by atoms with Crippen molar-refractivity contribution in [3.8, 4) is 0 Å². The summed E-state index contributed by atoms with van der Waals surface area (Å²) in [5.41, 5.74) is 2.54. The predicted molar refractivity (Wildman–Crippen MR) is 129 cm³/mol. The molecule has 0 aliphatic heterocycles. The lowest BCUT2D eigenvalue weighted by atomic mass is 10.1. The number of aryl methyl sites for hydroxylation is 1. The van der Waals surface area contributed by atoms with E-state index in [0.717, 1.165) is 40.7 Å². The molecule has 0 unspecified atom stereocenters. The van der Waals surface area contributed by atoms with E-state index in [1.54, 1.807) is 10.8 Å². The topological polar surface area (TPSA) is 76.9 Å². The molecule has 0 spiro atoms. The van der Waals surface area contributed by atoms with E-state index in [0.29, 0.717) is 21.9 Å². The minimum absolute atomic E-state index is 0.0549. The summed E-state index contributed by atoms with van der Waals surface area (Å²) in [5.74, 6) is 0.0711. The number of thiophene rings is 1. The SMILES string of the molecule is CCCCn1c(SCC(=O)Nc2ccccc2CC)nc2c(sc3ncccc32)c1=O. The van der Waals surface area contributed by atoms with Gasteiger partial charge in [0.25, 0.3) is 5.56 Å². The van der Waals surface area contributed by atoms with Crippen LogP contribution in [0.5, 0.6) is 0 Å². The van der Waals surface area contributed by atoms with Crippen LogP contribution in [-0.2, 0) is 17.8 Å². The molecule has 0 radical (unpaired) electrons. The number of hydrogen-bond acceptors (Lipinski definition) is 6. The number of para-hydroxylation sites is 1. The van der Waals surface area contributed by atoms with Gasteiger partial charge in [-0.2, -0.15) is 0 Å². The van der Waals surface area contributed by atoms with Crippen molar-refractivity contribution in [1.29, 1.82) is 0 Å². The first kappa shape index (κ1) is 21.5. The van der Waals surface area contributed by atoms with E-state index in [9.17, 15) is 9.59 Å². The van der Waals surface area contributed by atoms with Crippen LogP contribution in [0, 0.1) is 0 Å². The fraction of sp³-hybridized carbons (Fsp3) is 0.304. The molecule has 1 N–H and O–H groups in total. The number of anilines is 1. The fourth-order valence-corrected chi connectivity index (χ4v) is 5.28. The van der Waals surface area contributed by atoms with E-state index >= 15 is 0 Å². The molecule has 0 aliphatic carbocycles. The van der Waals surface area contributed by atoms with Gasteiger partial charge in [-0.3, -0.25) is 14.2 Å². The number of rotatable bonds is 8. The Bertz CT molecular complexity index is 1300. The average Bonchev–Trinajstić information content (AvgIpc) is 3.16. The maximum atomic E-state index is 13.2. The molecular weight excluding hydrogens is 428 g/mol. The second-order valence-corrected chi connectivity index (χ2v) is 9.13. The number of unbranched alkanes of at least 4 members (excludes halogenated alkanes) is 1. The smallest absolute Gasteiger partial charge is 0.272 e. The number of hydrogen-bond donors (Lipinski definition) is 1. The molecule has 1 amide bonds. The van der Waals surface area contributed by atoms with Crippen LogP contribution in [0.15, 0.2) is 52.5 Å². The van der Waals surface area contributed by atoms with Gasteiger partial charge in [-0.15, -0.1) is 11.3 Å². The van der Waals surface area contributed by atoms with Gasteiger partial charge in [0, 0.05) is 23.8 Å². The highest BCUT2D eigenvalue weighted by atomic mass is 32.2. The molecule has 6 nitrogen and oxygen atoms in total. The van der Waals surface area contributed by atoms with Crippen molar-refractivity contribution in [3.63, 3.8) is 0 Å². The molecule has 0 fully saturated rings. The normalized spacial score (nSPS) is 11.3. The van der Waals surface area contributed by atoms with Gasteiger partial charge < -0.3 is 5.32 Å². The Labute approximate surface area is 188 Å². The summed E-state index contributed by atoms with van der Waals surface area (Å²) in [6.45, 7) is 4.74. The molecule has 4 aromatic rings. The average molecular weight is 453 g/mol. The highest BCUT2D eigenvalue weighted by molar-refractivity contribution is 7.99. The van der Waals surface area contributed by atoms with Gasteiger partial charge in [-0.25, -0.2) is 9.97 Å². The Morgan fingerprint density at radius 3 is 2.84 bits per heavy atom. The van der Waals surface area contributed by atoms with Crippen molar-refractivity contribution in [3.05, 3.63) is 58.5 Å². The van der Waals surface area contributed by atoms with Crippen molar-refractivity contribution in [2.24, 2.45) is 0 Å². The van der Waals surface area contributed by atoms with Crippen molar-refractivity contribution in [2.45, 2.75) is 44.8 Å². The monoisotopic (exact) mass is 452 g/mol. The third-order valence-electron chi connectivity index (χ3n) is 5.06. The van der Waals surface area contributed by atoms with Crippen molar-refractivity contribution in [2.75, 3.05) is 11.1 Å². The lowest BCUT2D eigenvalue weighted by Crippen LogP contribution is -2.23. The van der Waals surface area contributed by atoms with E-state index in [1.165, 1.54) is 23.1 Å². The van der Waals surface area contributed by atoms with E-state index in [2.05, 4.69) is 24.1 Å². The summed E-state index contributed by atoms with van der Waals surface area (Å²) in [6.07, 6.45) is 4.41. The number of nitrogens with one attached hydrogen (secondary N) is 1. The molecule has 0 aliphatic rings. The molecular formula is C23H24N4O2S2. The molecule has 0 saturated heterocycles. The van der Waals surface area contributed by atoms with E-state index < -0.39 is 0 Å². The zero-order valence-corrected chi connectivity index (χ0v) is 19.2. The van der Waals surface area contributed by atoms with Gasteiger partial charge in [0.1, 0.15) is 9.53 Å². The van der Waals surface area contributed by atoms with Gasteiger partial charge in [-0.1, -0.05) is 50.2 Å². The highest BCUT2D eigenvalue weighted by Gasteiger charge is 2.17. The summed E-state index contributed by atoms with van der Waals surface area (Å²) in [4.78, 5) is 35.9. The van der Waals surface area contributed by atoms with Crippen LogP contribution in [0.1, 0.15) is 32.3 Å². The number of nitrogens with zero attached hydrogens (tertiary/aromatic N) is 3. The molecule has 31 heavy (non-hydrogen) atoms. The first-order chi connectivity index (χ1) is 15.1. The number of aromatic nitrogens is 3. The number of thioether (sulfide) groups is 1. The third kappa shape index (κ3) is 4.50. The Hall–Kier alpha value is -2.71. The Balaban J connectivity index is 1.64. The van der Waals surface area contributed by atoms with Crippen LogP contribution in [0.3, 0.4) is 0 Å². The Morgan fingerprint density at radius 1 is 1.19 bits per heavy atom. The zero-order valence-electron chi connectivity index (χ0n) is 17.6. The molecule has 3 heterocycles. The zero-order chi connectivity index (χ0) is 21.8. The molecule has 160 valence electrons. The predicted octanol–water partition coefficient (Wildman–Crippen LogP) is 5.10. The first-order valence-corrected chi connectivity index (χ1v) is 12.2. The molecule has 8 heteroatoms. The van der Waals surface area contributed by atoms with Gasteiger partial charge in [0.05, 0.1) is 11.3 Å². The van der Waals surface area contributed by atoms with Crippen LogP contribution in [0.25, 0.3) is 20.4 Å². The standard InChI is InChI=1S/C23H24N4O2S2/c1-3-5-13-27-22(29)20-19(16-10-8-12-24-21(16)31-20)26-23(27)30-14-18(28)25-17-11-7-6-9-15(17)4-2/h6-12H,3-5,13-14H2,1-2H3,(H,25,28). The van der Waals surface area contributed by atoms with Crippen LogP contribution in [0.2, 0.25) is 0 Å². The highest BCUT2D eigenvalue weighted by Crippen LogP contribution is 2.30. The second-order valence-electron chi connectivity index (χ2n) is 7.19. The van der Waals surface area contributed by atoms with Gasteiger partial charge in [-0.05, 0) is 36.6 Å². The Morgan fingerprint density at radius 2 is 2.03 bits per heavy atom. The Kier molecular flexibility index (Phi) is 6.67. The number of benzene rings is 1. The van der Waals surface area contributed by atoms with Crippen LogP contribution < -0.4 is 10.9 Å². The van der Waals surface area contributed by atoms with E-state index in [1.807, 2.05) is 36.4 Å². The quantitative estimate of drug-likeness (QED) is 0.297. The number of fused-ring (bicyclic) bond motifs is 3. The van der Waals surface area contributed by atoms with Crippen molar-refractivity contribution < 1.29 is 4.79 Å². The molecule has 4 rings (SSSR count). The minimum atomic E-state index is -0.112. The van der Waals surface area contributed by atoms with Gasteiger partial charge >= 0.3 is 0 Å². The van der Waals surface area contributed by atoms with Crippen molar-refractivity contribution >= 4 is 55.1 Å². The summed E-state index contributed by atoms with van der Waals surface area (Å²) < 4.78 is 2.33. The van der Waals surface area contributed by atoms with Gasteiger partial charge in [0.15, 0.2) is 5.16 Å². The molecule has 0 atom stereocenters. The van der Waals surface area contributed by atoms with Crippen molar-refractivity contribution in [1.82, 2.24) is 14.5 Å². The van der Waals surface area contributed by atoms with E-state index in [-0.39, 0.29) is 17.2 Å². The van der Waals surface area contributed by atoms with Crippen LogP contribution in [-0.4, -0.2) is 26.2 Å². The summed E-state index contributed by atoms with van der Waals surface area (Å²) in [6, 6.07) is 11.6. The largest absolute Gasteiger partial charge is 0.325 e. The maximum absolute atomic E-state index is 13.2. The maximum Gasteiger partial charge on any atom is 0.272 e. The number of pyridine rings is 1. The van der Waals surface area contributed by atoms with E-state index in [4.69, 9.17) is 4.98 Å². The number of carbonyl (C=O) groups is 1. The fourth-order valence-electron chi connectivity index (χ4n) is 3.43. The molecule has 0 bridgehead atoms. The van der Waals surface area contributed by atoms with Crippen LogP contribution in [0.4, 0.5) is 5.69 Å². The molecule has 0 saturated carbocycles. The molecule has 3 aromatic heterocycles. The lowest BCUT2D eigenvalue weighted by molar-refractivity contribution is -0.113. The lowest BCUT2D eigenvalue weighted by Gasteiger charge is -2.12. The summed E-state index contributed by atoms with van der Waals surface area (Å²) in [5, 5.41) is 4.45. The summed E-state index contributed by atoms with van der Waals surface area (Å²) >= 11 is 2.68. The third-order valence-corrected chi connectivity index (χ3v) is 7.12. The number of carbonyl (C=O) groups excluding carboxylic acids is 1. The van der Waals surface area contributed by atoms with Gasteiger partial charge in [0.2, 0.25) is 5.91 Å². The second kappa shape index (κ2) is 9.62. The molecule has 1 aromatic carbocycles. The van der Waals surface area contributed by atoms with Crippen LogP contribution >= 0.6 is 23.1 Å². The summed E-state index contributed by atoms with van der Waals surface area (Å²) in [7, 11) is 0. The minimum Gasteiger partial charge on any atom is -0.325 e.